The lowest BCUT2D eigenvalue weighted by Gasteiger charge is -2.65. The van der Waals surface area contributed by atoms with Crippen LogP contribution in [0, 0.1) is 16.7 Å². The number of esters is 2. The van der Waals surface area contributed by atoms with E-state index in [1.54, 1.807) is 13.0 Å². The zero-order valence-corrected chi connectivity index (χ0v) is 15.3. The fraction of sp³-hybridized carbons (Fsp3) is 0.600. The summed E-state index contributed by atoms with van der Waals surface area (Å²) in [5.74, 6) is -1.79. The maximum Gasteiger partial charge on any atom is 0.342 e. The molecule has 1 saturated carbocycles. The Morgan fingerprint density at radius 3 is 2.68 bits per heavy atom. The normalized spacial score (nSPS) is 53.4. The van der Waals surface area contributed by atoms with Crippen molar-refractivity contribution >= 4 is 11.9 Å². The summed E-state index contributed by atoms with van der Waals surface area (Å²) >= 11 is 0. The third kappa shape index (κ3) is 1.58. The summed E-state index contributed by atoms with van der Waals surface area (Å²) in [7, 11) is 0. The molecule has 5 heterocycles. The number of carbonyl (C=O) groups is 2. The number of fused-ring (bicyclic) bond motifs is 2. The fourth-order valence-electron chi connectivity index (χ4n) is 6.39. The number of aliphatic hydroxyl groups excluding tert-OH is 1. The molecule has 1 aromatic rings. The number of epoxide rings is 1. The van der Waals surface area contributed by atoms with Crippen LogP contribution in [0.2, 0.25) is 0 Å². The highest BCUT2D eigenvalue weighted by Gasteiger charge is 2.85. The average molecular weight is 388 g/mol. The van der Waals surface area contributed by atoms with Crippen LogP contribution in [0.15, 0.2) is 34.7 Å². The van der Waals surface area contributed by atoms with Crippen molar-refractivity contribution < 1.29 is 38.4 Å². The number of carbonyl (C=O) groups excluding carboxylic acids is 2. The van der Waals surface area contributed by atoms with Crippen LogP contribution >= 0.6 is 0 Å². The summed E-state index contributed by atoms with van der Waals surface area (Å²) < 4.78 is 22.0. The third-order valence-corrected chi connectivity index (χ3v) is 7.85. The quantitative estimate of drug-likeness (QED) is 0.531. The summed E-state index contributed by atoms with van der Waals surface area (Å²) in [5, 5.41) is 22.4. The van der Waals surface area contributed by atoms with Crippen molar-refractivity contribution in [1.29, 1.82) is 0 Å². The Balaban J connectivity index is 1.54. The van der Waals surface area contributed by atoms with E-state index in [2.05, 4.69) is 0 Å². The van der Waals surface area contributed by atoms with E-state index in [0.29, 0.717) is 12.0 Å². The first-order valence-electron chi connectivity index (χ1n) is 9.45. The first kappa shape index (κ1) is 16.8. The second kappa shape index (κ2) is 4.69. The molecule has 8 heteroatoms. The van der Waals surface area contributed by atoms with Gasteiger partial charge in [-0.25, -0.2) is 9.59 Å². The molecule has 0 spiro atoms. The van der Waals surface area contributed by atoms with Crippen LogP contribution in [0.3, 0.4) is 0 Å². The summed E-state index contributed by atoms with van der Waals surface area (Å²) in [6, 6.07) is 1.74. The number of cyclic esters (lactones) is 1. The minimum Gasteiger partial charge on any atom is -0.472 e. The number of hydrogen-bond donors (Lipinski definition) is 2. The molecular weight excluding hydrogens is 368 g/mol. The van der Waals surface area contributed by atoms with Crippen LogP contribution in [0.1, 0.15) is 31.9 Å². The smallest absolute Gasteiger partial charge is 0.342 e. The van der Waals surface area contributed by atoms with Crippen molar-refractivity contribution in [3.63, 3.8) is 0 Å². The Hall–Kier alpha value is -2.16. The van der Waals surface area contributed by atoms with E-state index in [9.17, 15) is 19.8 Å². The summed E-state index contributed by atoms with van der Waals surface area (Å²) in [4.78, 5) is 25.5. The molecule has 148 valence electrons. The van der Waals surface area contributed by atoms with Crippen molar-refractivity contribution in [2.24, 2.45) is 16.7 Å². The van der Waals surface area contributed by atoms with Gasteiger partial charge in [-0.2, -0.15) is 0 Å². The molecule has 0 unspecified atom stereocenters. The molecule has 5 fully saturated rings. The van der Waals surface area contributed by atoms with E-state index in [-0.39, 0.29) is 0 Å². The van der Waals surface area contributed by atoms with Gasteiger partial charge in [0, 0.05) is 27.9 Å². The van der Waals surface area contributed by atoms with Crippen LogP contribution in [0.4, 0.5) is 0 Å². The van der Waals surface area contributed by atoms with Gasteiger partial charge in [0.25, 0.3) is 0 Å². The molecule has 4 saturated heterocycles. The first-order chi connectivity index (χ1) is 13.2. The summed E-state index contributed by atoms with van der Waals surface area (Å²) in [5.41, 5.74) is -2.91. The molecule has 2 bridgehead atoms. The van der Waals surface area contributed by atoms with Crippen molar-refractivity contribution in [2.75, 3.05) is 0 Å². The first-order valence-corrected chi connectivity index (χ1v) is 9.45. The molecule has 0 radical (unpaired) electrons. The van der Waals surface area contributed by atoms with E-state index in [1.165, 1.54) is 18.6 Å². The molecular formula is C20H20O8. The maximum absolute atomic E-state index is 12.9. The van der Waals surface area contributed by atoms with Gasteiger partial charge in [-0.15, -0.1) is 0 Å². The number of rotatable bonds is 1. The van der Waals surface area contributed by atoms with E-state index < -0.39 is 64.8 Å². The molecule has 4 aliphatic heterocycles. The van der Waals surface area contributed by atoms with Gasteiger partial charge in [0.15, 0.2) is 5.60 Å². The number of furan rings is 1. The SMILES string of the molecule is C[C@@]12[C@@H]([C@@H]3OC(=O)[C@@]1(O)[C@H]1O[C@@H]31)[C@]1(C)C[C@H](c3ccoc3)OC(=O)C1=C[C@@H]2O. The van der Waals surface area contributed by atoms with Crippen LogP contribution < -0.4 is 0 Å². The Morgan fingerprint density at radius 2 is 1.96 bits per heavy atom. The van der Waals surface area contributed by atoms with Crippen LogP contribution in [0.5, 0.6) is 0 Å². The molecule has 9 atom stereocenters. The predicted octanol–water partition coefficient (Wildman–Crippen LogP) is 0.635. The zero-order valence-electron chi connectivity index (χ0n) is 15.3. The lowest BCUT2D eigenvalue weighted by molar-refractivity contribution is -0.276. The average Bonchev–Trinajstić information content (AvgIpc) is 3.27. The van der Waals surface area contributed by atoms with Gasteiger partial charge in [0.05, 0.1) is 18.6 Å². The fourth-order valence-corrected chi connectivity index (χ4v) is 6.39. The molecule has 6 aliphatic rings. The van der Waals surface area contributed by atoms with Crippen LogP contribution in [-0.4, -0.2) is 52.2 Å². The van der Waals surface area contributed by atoms with Crippen LogP contribution in [-0.2, 0) is 23.8 Å². The van der Waals surface area contributed by atoms with Gasteiger partial charge in [0.1, 0.15) is 24.4 Å². The minimum atomic E-state index is -1.96. The van der Waals surface area contributed by atoms with Gasteiger partial charge in [-0.3, -0.25) is 0 Å². The minimum absolute atomic E-state index is 0.353. The van der Waals surface area contributed by atoms with E-state index >= 15 is 0 Å². The predicted molar refractivity (Wildman–Crippen MR) is 89.4 cm³/mol. The Labute approximate surface area is 160 Å². The number of hydrogen-bond acceptors (Lipinski definition) is 8. The van der Waals surface area contributed by atoms with Crippen molar-refractivity contribution in [3.05, 3.63) is 35.8 Å². The molecule has 8 nitrogen and oxygen atoms in total. The summed E-state index contributed by atoms with van der Waals surface area (Å²) in [6.07, 6.45) is 1.40. The van der Waals surface area contributed by atoms with E-state index in [0.717, 1.165) is 5.56 Å². The molecule has 2 N–H and O–H groups in total. The van der Waals surface area contributed by atoms with Crippen molar-refractivity contribution in [1.82, 2.24) is 0 Å². The third-order valence-electron chi connectivity index (χ3n) is 7.85. The highest BCUT2D eigenvalue weighted by Crippen LogP contribution is 2.70. The molecule has 0 amide bonds. The molecule has 2 aliphatic carbocycles. The Kier molecular flexibility index (Phi) is 2.81. The van der Waals surface area contributed by atoms with Crippen molar-refractivity contribution in [3.8, 4) is 0 Å². The van der Waals surface area contributed by atoms with Crippen LogP contribution in [0.25, 0.3) is 0 Å². The largest absolute Gasteiger partial charge is 0.472 e. The topological polar surface area (TPSA) is 119 Å². The Bertz CT molecular complexity index is 936. The number of ether oxygens (including phenoxy) is 3. The van der Waals surface area contributed by atoms with Gasteiger partial charge in [0.2, 0.25) is 0 Å². The maximum atomic E-state index is 12.9. The van der Waals surface area contributed by atoms with Gasteiger partial charge in [-0.1, -0.05) is 13.8 Å². The second-order valence-corrected chi connectivity index (χ2v) is 9.02. The Morgan fingerprint density at radius 1 is 1.18 bits per heavy atom. The zero-order chi connectivity index (χ0) is 19.6. The van der Waals surface area contributed by atoms with Crippen molar-refractivity contribution in [2.45, 2.75) is 56.4 Å². The molecule has 28 heavy (non-hydrogen) atoms. The molecule has 1 aromatic heterocycles. The molecule has 7 rings (SSSR count). The lowest BCUT2D eigenvalue weighted by Crippen LogP contribution is -2.78. The second-order valence-electron chi connectivity index (χ2n) is 9.02. The van der Waals surface area contributed by atoms with E-state index in [1.807, 2.05) is 6.92 Å². The summed E-state index contributed by atoms with van der Waals surface area (Å²) in [6.45, 7) is 3.61. The monoisotopic (exact) mass is 388 g/mol. The van der Waals surface area contributed by atoms with Gasteiger partial charge in [-0.05, 0) is 18.6 Å². The highest BCUT2D eigenvalue weighted by atomic mass is 16.7. The van der Waals surface area contributed by atoms with Gasteiger partial charge >= 0.3 is 11.9 Å². The standard InChI is InChI=1S/C20H20O8/c1-18-6-10(8-3-4-25-7-8)26-16(22)9(18)5-11(21)19(2)14(18)12-13-15(27-13)20(19,24)17(23)28-12/h3-5,7,10-15,21,24H,6H2,1-2H3/t10-,11+,12-,13+,14+,15+,18-,19-,20+/m1/s1. The number of aliphatic hydroxyl groups is 2. The lowest BCUT2D eigenvalue weighted by atomic mass is 9.42. The molecule has 0 aromatic carbocycles. The highest BCUT2D eigenvalue weighted by molar-refractivity contribution is 5.93. The van der Waals surface area contributed by atoms with Gasteiger partial charge < -0.3 is 28.8 Å². The van der Waals surface area contributed by atoms with E-state index in [4.69, 9.17) is 18.6 Å².